The van der Waals surface area contributed by atoms with E-state index in [1.807, 2.05) is 6.08 Å². The molecule has 1 rings (SSSR count). The number of nitrogens with zero attached hydrogens (tertiary/aromatic N) is 1. The molecule has 0 bridgehead atoms. The minimum atomic E-state index is 0.0787. The van der Waals surface area contributed by atoms with Crippen LogP contribution in [0.25, 0.3) is 0 Å². The molecule has 0 atom stereocenters. The first-order valence-corrected chi connectivity index (χ1v) is 2.53. The van der Waals surface area contributed by atoms with Gasteiger partial charge in [-0.15, -0.1) is 0 Å². The molecule has 0 aromatic carbocycles. The quantitative estimate of drug-likeness (QED) is 0.492. The summed E-state index contributed by atoms with van der Waals surface area (Å²) in [6.07, 6.45) is 4.25. The van der Waals surface area contributed by atoms with Crippen molar-refractivity contribution in [3.8, 4) is 0 Å². The topological polar surface area (TPSA) is 29.4 Å². The summed E-state index contributed by atoms with van der Waals surface area (Å²) >= 11 is 0. The van der Waals surface area contributed by atoms with Crippen LogP contribution in [0.3, 0.4) is 0 Å². The average Bonchev–Trinajstić information content (AvgIpc) is 2.12. The van der Waals surface area contributed by atoms with Crippen LogP contribution in [0, 0.1) is 0 Å². The zero-order chi connectivity index (χ0) is 5.98. The van der Waals surface area contributed by atoms with Crippen LogP contribution in [-0.4, -0.2) is 11.5 Å². The van der Waals surface area contributed by atoms with Gasteiger partial charge in [-0.2, -0.15) is 0 Å². The summed E-state index contributed by atoms with van der Waals surface area (Å²) in [6.45, 7) is 1.53. The van der Waals surface area contributed by atoms with Gasteiger partial charge in [0.05, 0.1) is 5.71 Å². The second-order valence-electron chi connectivity index (χ2n) is 1.72. The van der Waals surface area contributed by atoms with Gasteiger partial charge in [-0.3, -0.25) is 9.79 Å². The third-order valence-electron chi connectivity index (χ3n) is 1.05. The molecule has 1 aliphatic heterocycles. The highest BCUT2D eigenvalue weighted by Gasteiger charge is 2.04. The number of hydrogen-bond acceptors (Lipinski definition) is 2. The van der Waals surface area contributed by atoms with Gasteiger partial charge in [0.1, 0.15) is 0 Å². The first kappa shape index (κ1) is 5.22. The standard InChI is InChI=1S/C6H7NO/c1-5(8)6-3-2-4-7-6/h2,4H,3H2,1H3. The Hall–Kier alpha value is -0.920. The van der Waals surface area contributed by atoms with E-state index in [0.29, 0.717) is 5.71 Å². The molecule has 0 N–H and O–H groups in total. The van der Waals surface area contributed by atoms with E-state index in [-0.39, 0.29) is 5.78 Å². The zero-order valence-corrected chi connectivity index (χ0v) is 4.72. The molecule has 1 aliphatic rings. The number of carbonyl (C=O) groups is 1. The Balaban J connectivity index is 2.64. The van der Waals surface area contributed by atoms with Gasteiger partial charge in [0.25, 0.3) is 0 Å². The second-order valence-corrected chi connectivity index (χ2v) is 1.72. The van der Waals surface area contributed by atoms with Crippen molar-refractivity contribution in [2.45, 2.75) is 13.3 Å². The maximum Gasteiger partial charge on any atom is 0.174 e. The van der Waals surface area contributed by atoms with Crippen molar-refractivity contribution in [2.75, 3.05) is 0 Å². The monoisotopic (exact) mass is 109 g/mol. The summed E-state index contributed by atoms with van der Waals surface area (Å²) < 4.78 is 0. The summed E-state index contributed by atoms with van der Waals surface area (Å²) in [6, 6.07) is 0. The van der Waals surface area contributed by atoms with E-state index in [9.17, 15) is 4.79 Å². The fourth-order valence-corrected chi connectivity index (χ4v) is 0.594. The van der Waals surface area contributed by atoms with Gasteiger partial charge in [-0.1, -0.05) is 6.08 Å². The fraction of sp³-hybridized carbons (Fsp3) is 0.333. The lowest BCUT2D eigenvalue weighted by Crippen LogP contribution is -2.04. The highest BCUT2D eigenvalue weighted by Crippen LogP contribution is 1.99. The highest BCUT2D eigenvalue weighted by molar-refractivity contribution is 6.39. The normalized spacial score (nSPS) is 16.4. The first-order chi connectivity index (χ1) is 3.80. The molecule has 0 unspecified atom stereocenters. The summed E-state index contributed by atoms with van der Waals surface area (Å²) in [5, 5.41) is 0. The van der Waals surface area contributed by atoms with Crippen LogP contribution in [0.15, 0.2) is 17.3 Å². The average molecular weight is 109 g/mol. The molecule has 0 fully saturated rings. The molecule has 8 heavy (non-hydrogen) atoms. The predicted molar refractivity (Wildman–Crippen MR) is 31.9 cm³/mol. The van der Waals surface area contributed by atoms with Crippen LogP contribution >= 0.6 is 0 Å². The third kappa shape index (κ3) is 0.832. The molecule has 0 spiro atoms. The summed E-state index contributed by atoms with van der Waals surface area (Å²) in [5.41, 5.74) is 0.671. The van der Waals surface area contributed by atoms with E-state index < -0.39 is 0 Å². The molecule has 0 amide bonds. The molecule has 42 valence electrons. The molecule has 1 heterocycles. The lowest BCUT2D eigenvalue weighted by Gasteiger charge is -1.86. The van der Waals surface area contributed by atoms with Gasteiger partial charge in [0, 0.05) is 19.5 Å². The van der Waals surface area contributed by atoms with E-state index >= 15 is 0 Å². The molecular weight excluding hydrogens is 102 g/mol. The van der Waals surface area contributed by atoms with E-state index in [1.54, 1.807) is 6.20 Å². The van der Waals surface area contributed by atoms with Crippen molar-refractivity contribution in [3.05, 3.63) is 12.3 Å². The zero-order valence-electron chi connectivity index (χ0n) is 4.72. The van der Waals surface area contributed by atoms with Crippen molar-refractivity contribution in [1.29, 1.82) is 0 Å². The number of aliphatic imine (C=N–C) groups is 1. The van der Waals surface area contributed by atoms with Gasteiger partial charge in [0.15, 0.2) is 5.78 Å². The molecular formula is C6H7NO. The van der Waals surface area contributed by atoms with Crippen molar-refractivity contribution in [1.82, 2.24) is 0 Å². The maximum atomic E-state index is 10.5. The number of carbonyl (C=O) groups excluding carboxylic acids is 1. The van der Waals surface area contributed by atoms with Crippen LogP contribution < -0.4 is 0 Å². The van der Waals surface area contributed by atoms with Crippen molar-refractivity contribution in [3.63, 3.8) is 0 Å². The minimum absolute atomic E-state index is 0.0787. The van der Waals surface area contributed by atoms with Crippen molar-refractivity contribution >= 4 is 11.5 Å². The Morgan fingerprint density at radius 2 is 2.62 bits per heavy atom. The molecule has 0 aromatic heterocycles. The van der Waals surface area contributed by atoms with Crippen LogP contribution in [0.1, 0.15) is 13.3 Å². The molecule has 0 aliphatic carbocycles. The first-order valence-electron chi connectivity index (χ1n) is 2.53. The fourth-order valence-electron chi connectivity index (χ4n) is 0.594. The Morgan fingerprint density at radius 3 is 2.88 bits per heavy atom. The van der Waals surface area contributed by atoms with Gasteiger partial charge >= 0.3 is 0 Å². The molecule has 2 nitrogen and oxygen atoms in total. The van der Waals surface area contributed by atoms with Gasteiger partial charge < -0.3 is 0 Å². The lowest BCUT2D eigenvalue weighted by atomic mass is 10.2. The predicted octanol–water partition coefficient (Wildman–Crippen LogP) is 0.934. The molecule has 2 heteroatoms. The minimum Gasteiger partial charge on any atom is -0.293 e. The Kier molecular flexibility index (Phi) is 1.24. The second kappa shape index (κ2) is 1.90. The SMILES string of the molecule is CC(=O)C1=NC=CC1. The summed E-state index contributed by atoms with van der Waals surface area (Å²) in [4.78, 5) is 14.3. The van der Waals surface area contributed by atoms with Crippen LogP contribution in [0.2, 0.25) is 0 Å². The van der Waals surface area contributed by atoms with Crippen LogP contribution in [0.5, 0.6) is 0 Å². The van der Waals surface area contributed by atoms with E-state index in [4.69, 9.17) is 0 Å². The number of ketones is 1. The van der Waals surface area contributed by atoms with Crippen LogP contribution in [-0.2, 0) is 4.79 Å². The molecule has 0 aromatic rings. The third-order valence-corrected chi connectivity index (χ3v) is 1.05. The van der Waals surface area contributed by atoms with E-state index in [2.05, 4.69) is 4.99 Å². The largest absolute Gasteiger partial charge is 0.293 e. The Bertz CT molecular complexity index is 167. The van der Waals surface area contributed by atoms with Gasteiger partial charge in [0.2, 0.25) is 0 Å². The number of allylic oxidation sites excluding steroid dienone is 1. The van der Waals surface area contributed by atoms with Crippen molar-refractivity contribution < 1.29 is 4.79 Å². The van der Waals surface area contributed by atoms with Crippen LogP contribution in [0.4, 0.5) is 0 Å². The molecule has 0 saturated heterocycles. The smallest absolute Gasteiger partial charge is 0.174 e. The lowest BCUT2D eigenvalue weighted by molar-refractivity contribution is -0.111. The number of rotatable bonds is 1. The summed E-state index contributed by atoms with van der Waals surface area (Å²) in [5.74, 6) is 0.0787. The Labute approximate surface area is 47.9 Å². The highest BCUT2D eigenvalue weighted by atomic mass is 16.1. The number of hydrogen-bond donors (Lipinski definition) is 0. The van der Waals surface area contributed by atoms with Crippen molar-refractivity contribution in [2.24, 2.45) is 4.99 Å². The summed E-state index contributed by atoms with van der Waals surface area (Å²) in [7, 11) is 0. The molecule has 0 saturated carbocycles. The van der Waals surface area contributed by atoms with E-state index in [0.717, 1.165) is 6.42 Å². The molecule has 0 radical (unpaired) electrons. The number of Topliss-reactive ketones (excluding diaryl/α,β-unsaturated/α-hetero) is 1. The maximum absolute atomic E-state index is 10.5. The van der Waals surface area contributed by atoms with E-state index in [1.165, 1.54) is 6.92 Å². The Morgan fingerprint density at radius 1 is 1.88 bits per heavy atom. The van der Waals surface area contributed by atoms with Gasteiger partial charge in [-0.25, -0.2) is 0 Å². The van der Waals surface area contributed by atoms with Gasteiger partial charge in [-0.05, 0) is 0 Å².